The van der Waals surface area contributed by atoms with E-state index in [9.17, 15) is 14.7 Å². The maximum Gasteiger partial charge on any atom is 0.417 e. The molecule has 0 spiro atoms. The second kappa shape index (κ2) is 6.55. The summed E-state index contributed by atoms with van der Waals surface area (Å²) in [6.45, 7) is 0. The van der Waals surface area contributed by atoms with Crippen molar-refractivity contribution >= 4 is 41.0 Å². The normalized spacial score (nSPS) is 10.1. The molecule has 8 heteroatoms. The molecule has 0 radical (unpaired) electrons. The third-order valence-corrected chi connectivity index (χ3v) is 2.99. The smallest absolute Gasteiger partial charge is 0.417 e. The lowest BCUT2D eigenvalue weighted by molar-refractivity contribution is 0.0693. The number of carbonyl (C=O) groups excluding carboxylic acids is 1. The summed E-state index contributed by atoms with van der Waals surface area (Å²) in [7, 11) is 0. The molecule has 0 unspecified atom stereocenters. The molecule has 0 saturated heterocycles. The summed E-state index contributed by atoms with van der Waals surface area (Å²) in [5.41, 5.74) is -0.443. The molecule has 0 heterocycles. The number of para-hydroxylation sites is 1. The van der Waals surface area contributed by atoms with Crippen LogP contribution in [0.25, 0.3) is 0 Å². The second-order valence-corrected chi connectivity index (χ2v) is 5.00. The molecule has 3 N–H and O–H groups in total. The predicted molar refractivity (Wildman–Crippen MR) is 81.2 cm³/mol. The Balaban J connectivity index is 2.16. The highest BCUT2D eigenvalue weighted by atomic mass is 35.5. The van der Waals surface area contributed by atoms with Crippen molar-refractivity contribution in [2.75, 3.05) is 5.32 Å². The van der Waals surface area contributed by atoms with Gasteiger partial charge < -0.3 is 14.9 Å². The van der Waals surface area contributed by atoms with E-state index in [2.05, 4.69) is 5.32 Å². The van der Waals surface area contributed by atoms with Crippen molar-refractivity contribution in [1.29, 1.82) is 0 Å². The molecule has 2 rings (SSSR count). The number of ether oxygens (including phenoxy) is 1. The Bertz CT molecular complexity index is 728. The molecule has 114 valence electrons. The zero-order valence-corrected chi connectivity index (χ0v) is 12.4. The minimum atomic E-state index is -1.32. The van der Waals surface area contributed by atoms with Gasteiger partial charge in [0.05, 0.1) is 5.69 Å². The number of amides is 1. The number of hydrogen-bond acceptors (Lipinski definition) is 4. The van der Waals surface area contributed by atoms with Crippen LogP contribution in [0.4, 0.5) is 10.5 Å². The molecule has 1 amide bonds. The van der Waals surface area contributed by atoms with Crippen molar-refractivity contribution in [1.82, 2.24) is 0 Å². The van der Waals surface area contributed by atoms with E-state index in [0.717, 1.165) is 0 Å². The van der Waals surface area contributed by atoms with Gasteiger partial charge in [-0.05, 0) is 30.3 Å². The lowest BCUT2D eigenvalue weighted by atomic mass is 10.2. The average molecular weight is 342 g/mol. The first-order valence-corrected chi connectivity index (χ1v) is 6.62. The predicted octanol–water partition coefficient (Wildman–Crippen LogP) is 4.01. The Morgan fingerprint density at radius 2 is 1.73 bits per heavy atom. The highest BCUT2D eigenvalue weighted by Gasteiger charge is 2.15. The summed E-state index contributed by atoms with van der Waals surface area (Å²) in [6, 6.07) is 8.12. The van der Waals surface area contributed by atoms with Crippen LogP contribution >= 0.6 is 23.2 Å². The fourth-order valence-electron chi connectivity index (χ4n) is 1.65. The molecule has 0 aliphatic rings. The number of nitrogens with one attached hydrogen (secondary N) is 1. The van der Waals surface area contributed by atoms with E-state index in [-0.39, 0.29) is 27.0 Å². The maximum atomic E-state index is 11.8. The van der Waals surface area contributed by atoms with Crippen LogP contribution in [0.15, 0.2) is 36.4 Å². The quantitative estimate of drug-likeness (QED) is 0.733. The Hall–Kier alpha value is -2.44. The van der Waals surface area contributed by atoms with Gasteiger partial charge in [-0.1, -0.05) is 29.3 Å². The number of anilines is 1. The second-order valence-electron chi connectivity index (χ2n) is 4.13. The molecule has 6 nitrogen and oxygen atoms in total. The van der Waals surface area contributed by atoms with Gasteiger partial charge in [0.1, 0.15) is 11.3 Å². The fourth-order valence-corrected chi connectivity index (χ4v) is 2.15. The summed E-state index contributed by atoms with van der Waals surface area (Å²) in [6.07, 6.45) is -0.934. The van der Waals surface area contributed by atoms with Crippen LogP contribution in [-0.2, 0) is 0 Å². The zero-order chi connectivity index (χ0) is 16.3. The maximum absolute atomic E-state index is 11.8. The number of aromatic hydroxyl groups is 1. The Kier molecular flexibility index (Phi) is 4.75. The molecule has 2 aromatic rings. The molecule has 0 atom stereocenters. The monoisotopic (exact) mass is 341 g/mol. The van der Waals surface area contributed by atoms with Crippen LogP contribution in [-0.4, -0.2) is 22.3 Å². The van der Waals surface area contributed by atoms with Gasteiger partial charge in [0.25, 0.3) is 0 Å². The number of rotatable bonds is 3. The number of aromatic carboxylic acids is 1. The third-order valence-electron chi connectivity index (χ3n) is 2.55. The van der Waals surface area contributed by atoms with E-state index >= 15 is 0 Å². The van der Waals surface area contributed by atoms with Crippen LogP contribution in [0, 0.1) is 0 Å². The van der Waals surface area contributed by atoms with E-state index in [0.29, 0.717) is 0 Å². The summed E-state index contributed by atoms with van der Waals surface area (Å²) in [5, 5.41) is 21.5. The van der Waals surface area contributed by atoms with Crippen LogP contribution in [0.2, 0.25) is 10.0 Å². The van der Waals surface area contributed by atoms with Crippen LogP contribution in [0.3, 0.4) is 0 Å². The van der Waals surface area contributed by atoms with E-state index in [1.165, 1.54) is 36.4 Å². The van der Waals surface area contributed by atoms with Crippen LogP contribution in [0.1, 0.15) is 10.4 Å². The van der Waals surface area contributed by atoms with Gasteiger partial charge in [-0.3, -0.25) is 5.32 Å². The fraction of sp³-hybridized carbons (Fsp3) is 0. The Morgan fingerprint density at radius 3 is 2.32 bits per heavy atom. The molecule has 0 saturated carbocycles. The van der Waals surface area contributed by atoms with Crippen molar-refractivity contribution in [3.05, 3.63) is 52.0 Å². The highest BCUT2D eigenvalue weighted by molar-refractivity contribution is 6.34. The number of halogens is 2. The van der Waals surface area contributed by atoms with Crippen LogP contribution in [0.5, 0.6) is 11.5 Å². The number of benzene rings is 2. The highest BCUT2D eigenvalue weighted by Crippen LogP contribution is 2.28. The van der Waals surface area contributed by atoms with Gasteiger partial charge in [0, 0.05) is 10.0 Å². The topological polar surface area (TPSA) is 95.9 Å². The number of phenols is 1. The van der Waals surface area contributed by atoms with Gasteiger partial charge in [0.2, 0.25) is 0 Å². The lowest BCUT2D eigenvalue weighted by Gasteiger charge is -2.10. The molecule has 0 aliphatic carbocycles. The molecule has 2 aromatic carbocycles. The summed E-state index contributed by atoms with van der Waals surface area (Å²) in [4.78, 5) is 22.7. The molecule has 0 aromatic heterocycles. The van der Waals surface area contributed by atoms with E-state index in [1.807, 2.05) is 0 Å². The number of carboxylic acids is 1. The van der Waals surface area contributed by atoms with Crippen molar-refractivity contribution in [3.63, 3.8) is 0 Å². The van der Waals surface area contributed by atoms with Gasteiger partial charge in [-0.2, -0.15) is 0 Å². The van der Waals surface area contributed by atoms with E-state index < -0.39 is 17.8 Å². The van der Waals surface area contributed by atoms with Gasteiger partial charge in [-0.25, -0.2) is 9.59 Å². The van der Waals surface area contributed by atoms with Gasteiger partial charge in [0.15, 0.2) is 5.75 Å². The first kappa shape index (κ1) is 15.9. The van der Waals surface area contributed by atoms with Crippen molar-refractivity contribution in [2.24, 2.45) is 0 Å². The molecule has 0 bridgehead atoms. The summed E-state index contributed by atoms with van der Waals surface area (Å²) >= 11 is 11.5. The number of carbonyl (C=O) groups is 2. The molecule has 0 fully saturated rings. The molecule has 22 heavy (non-hydrogen) atoms. The van der Waals surface area contributed by atoms with Crippen LogP contribution < -0.4 is 10.1 Å². The Labute approximate surface area is 134 Å². The Morgan fingerprint density at radius 1 is 1.09 bits per heavy atom. The SMILES string of the molecule is O=C(Nc1cccc(C(=O)O)c1O)Oc1cc(Cl)cc(Cl)c1. The number of carboxylic acid groups (broad SMARTS) is 1. The van der Waals surface area contributed by atoms with Gasteiger partial charge >= 0.3 is 12.1 Å². The lowest BCUT2D eigenvalue weighted by Crippen LogP contribution is -2.17. The molecule has 0 aliphatic heterocycles. The van der Waals surface area contributed by atoms with E-state index in [1.54, 1.807) is 0 Å². The van der Waals surface area contributed by atoms with Gasteiger partial charge in [-0.15, -0.1) is 0 Å². The van der Waals surface area contributed by atoms with E-state index in [4.69, 9.17) is 33.0 Å². The largest absolute Gasteiger partial charge is 0.505 e. The number of hydrogen-bond donors (Lipinski definition) is 3. The minimum absolute atomic E-state index is 0.0991. The summed E-state index contributed by atoms with van der Waals surface area (Å²) < 4.78 is 4.96. The van der Waals surface area contributed by atoms with Crippen molar-refractivity contribution in [3.8, 4) is 11.5 Å². The van der Waals surface area contributed by atoms with Crippen molar-refractivity contribution < 1.29 is 24.5 Å². The minimum Gasteiger partial charge on any atom is -0.505 e. The van der Waals surface area contributed by atoms with Crippen molar-refractivity contribution in [2.45, 2.75) is 0 Å². The standard InChI is InChI=1S/C14H9Cl2NO5/c15-7-4-8(16)6-9(5-7)22-14(21)17-11-3-1-2-10(12(11)18)13(19)20/h1-6,18H,(H,17,21)(H,19,20). The first-order chi connectivity index (χ1) is 10.4. The summed E-state index contributed by atoms with van der Waals surface area (Å²) in [5.74, 6) is -1.80. The molecular formula is C14H9Cl2NO5. The third kappa shape index (κ3) is 3.81. The zero-order valence-electron chi connectivity index (χ0n) is 10.8. The molecular weight excluding hydrogens is 333 g/mol. The average Bonchev–Trinajstić information content (AvgIpc) is 2.39. The first-order valence-electron chi connectivity index (χ1n) is 5.87.